The molecule has 0 aromatic heterocycles. The quantitative estimate of drug-likeness (QED) is 0.406. The third-order valence-corrected chi connectivity index (χ3v) is 9.55. The molecule has 1 heterocycles. The summed E-state index contributed by atoms with van der Waals surface area (Å²) in [5.41, 5.74) is -2.63. The van der Waals surface area contributed by atoms with Gasteiger partial charge in [0.1, 0.15) is 23.1 Å². The van der Waals surface area contributed by atoms with Gasteiger partial charge >= 0.3 is 12.1 Å². The molecule has 1 N–H and O–H groups in total. The van der Waals surface area contributed by atoms with Gasteiger partial charge in [0.15, 0.2) is 0 Å². The molecule has 0 radical (unpaired) electrons. The standard InChI is InChI=1S/C27H32F4N2O5S/c1-26(2,25(34)35)16-38-23-14-24-22(13-21(23)27(29,30)31)33(19-10-8-18(28)9-11-19)15-20(32(3)39(24,36)37)12-17-6-4-5-7-17/h8-11,13-14,17,20H,4-7,12,15-16H2,1-3H3,(H,34,35)/t20-/m1/s1. The zero-order valence-corrected chi connectivity index (χ0v) is 22.8. The second-order valence-corrected chi connectivity index (χ2v) is 12.9. The van der Waals surface area contributed by atoms with Crippen molar-refractivity contribution >= 4 is 27.4 Å². The first-order valence-corrected chi connectivity index (χ1v) is 14.2. The molecule has 1 aliphatic carbocycles. The summed E-state index contributed by atoms with van der Waals surface area (Å²) in [4.78, 5) is 12.6. The number of carbonyl (C=O) groups is 1. The van der Waals surface area contributed by atoms with Crippen LogP contribution in [0.3, 0.4) is 0 Å². The number of likely N-dealkylation sites (N-methyl/N-ethyl adjacent to an activating group) is 1. The van der Waals surface area contributed by atoms with Crippen LogP contribution in [0.5, 0.6) is 5.75 Å². The molecule has 2 aromatic rings. The minimum absolute atomic E-state index is 0.0639. The Morgan fingerprint density at radius 3 is 2.28 bits per heavy atom. The minimum Gasteiger partial charge on any atom is -0.492 e. The summed E-state index contributed by atoms with van der Waals surface area (Å²) in [6.45, 7) is 2.03. The van der Waals surface area contributed by atoms with Crippen LogP contribution in [0.4, 0.5) is 28.9 Å². The third kappa shape index (κ3) is 6.01. The van der Waals surface area contributed by atoms with E-state index in [1.54, 1.807) is 0 Å². The number of anilines is 2. The molecule has 214 valence electrons. The molecule has 2 aromatic carbocycles. The second kappa shape index (κ2) is 10.6. The van der Waals surface area contributed by atoms with E-state index in [9.17, 15) is 35.9 Å². The van der Waals surface area contributed by atoms with E-state index in [4.69, 9.17) is 4.74 Å². The topological polar surface area (TPSA) is 87.2 Å². The normalized spacial score (nSPS) is 20.5. The van der Waals surface area contributed by atoms with Crippen LogP contribution < -0.4 is 9.64 Å². The summed E-state index contributed by atoms with van der Waals surface area (Å²) in [6, 6.07) is 6.13. The van der Waals surface area contributed by atoms with Crippen LogP contribution in [0.15, 0.2) is 41.3 Å². The predicted molar refractivity (Wildman–Crippen MR) is 137 cm³/mol. The highest BCUT2D eigenvalue weighted by Crippen LogP contribution is 2.46. The van der Waals surface area contributed by atoms with Crippen LogP contribution in [0.25, 0.3) is 0 Å². The maximum Gasteiger partial charge on any atom is 0.420 e. The molecule has 0 saturated heterocycles. The number of sulfonamides is 1. The summed E-state index contributed by atoms with van der Waals surface area (Å²) in [6.07, 6.45) is -0.426. The van der Waals surface area contributed by atoms with Gasteiger partial charge in [0, 0.05) is 31.4 Å². The smallest absolute Gasteiger partial charge is 0.420 e. The van der Waals surface area contributed by atoms with Crippen molar-refractivity contribution in [3.63, 3.8) is 0 Å². The maximum atomic E-state index is 14.3. The molecule has 1 aliphatic heterocycles. The number of aliphatic carboxylic acids is 1. The van der Waals surface area contributed by atoms with Gasteiger partial charge in [0.2, 0.25) is 10.0 Å². The Morgan fingerprint density at radius 1 is 1.10 bits per heavy atom. The van der Waals surface area contributed by atoms with Gasteiger partial charge in [-0.05, 0) is 56.5 Å². The van der Waals surface area contributed by atoms with Crippen molar-refractivity contribution in [1.29, 1.82) is 0 Å². The molecule has 7 nitrogen and oxygen atoms in total. The van der Waals surface area contributed by atoms with Crippen molar-refractivity contribution in [3.8, 4) is 5.75 Å². The fourth-order valence-electron chi connectivity index (χ4n) is 5.12. The minimum atomic E-state index is -4.93. The van der Waals surface area contributed by atoms with E-state index in [-0.39, 0.29) is 18.2 Å². The van der Waals surface area contributed by atoms with E-state index in [0.29, 0.717) is 12.1 Å². The Bertz CT molecular complexity index is 1320. The molecule has 39 heavy (non-hydrogen) atoms. The van der Waals surface area contributed by atoms with Crippen molar-refractivity contribution in [2.24, 2.45) is 11.3 Å². The fourth-order valence-corrected chi connectivity index (χ4v) is 6.67. The van der Waals surface area contributed by atoms with E-state index in [2.05, 4.69) is 0 Å². The number of nitrogens with zero attached hydrogens (tertiary/aromatic N) is 2. The Labute approximate surface area is 225 Å². The SMILES string of the molecule is CN1[C@H](CC2CCCC2)CN(c2ccc(F)cc2)c2cc(C(F)(F)F)c(OCC(C)(C)C(=O)O)cc2S1(=O)=O. The van der Waals surface area contributed by atoms with Gasteiger partial charge in [0.25, 0.3) is 0 Å². The molecule has 0 unspecified atom stereocenters. The second-order valence-electron chi connectivity index (χ2n) is 10.9. The highest BCUT2D eigenvalue weighted by Gasteiger charge is 2.43. The van der Waals surface area contributed by atoms with Gasteiger partial charge in [-0.25, -0.2) is 12.8 Å². The molecule has 12 heteroatoms. The lowest BCUT2D eigenvalue weighted by Gasteiger charge is -2.31. The van der Waals surface area contributed by atoms with Crippen LogP contribution in [-0.4, -0.2) is 50.0 Å². The largest absolute Gasteiger partial charge is 0.492 e. The maximum absolute atomic E-state index is 14.3. The lowest BCUT2D eigenvalue weighted by atomic mass is 9.95. The van der Waals surface area contributed by atoms with E-state index < -0.39 is 62.3 Å². The van der Waals surface area contributed by atoms with Gasteiger partial charge in [0.05, 0.1) is 16.7 Å². The Hall–Kier alpha value is -2.86. The number of alkyl halides is 3. The van der Waals surface area contributed by atoms with Crippen LogP contribution in [0.2, 0.25) is 0 Å². The lowest BCUT2D eigenvalue weighted by Crippen LogP contribution is -2.41. The van der Waals surface area contributed by atoms with Crippen molar-refractivity contribution in [1.82, 2.24) is 4.31 Å². The summed E-state index contributed by atoms with van der Waals surface area (Å²) < 4.78 is 90.9. The molecule has 0 spiro atoms. The van der Waals surface area contributed by atoms with Crippen LogP contribution in [0.1, 0.15) is 51.5 Å². The number of halogens is 4. The molecule has 0 amide bonds. The zero-order valence-electron chi connectivity index (χ0n) is 22.0. The molecule has 1 saturated carbocycles. The van der Waals surface area contributed by atoms with Gasteiger partial charge in [-0.3, -0.25) is 4.79 Å². The number of hydrogen-bond donors (Lipinski definition) is 1. The number of fused-ring (bicyclic) bond motifs is 1. The first-order valence-electron chi connectivity index (χ1n) is 12.7. The summed E-state index contributed by atoms with van der Waals surface area (Å²) in [7, 11) is -2.88. The molecular formula is C27H32F4N2O5S. The average molecular weight is 573 g/mol. The van der Waals surface area contributed by atoms with E-state index in [0.717, 1.165) is 37.8 Å². The predicted octanol–water partition coefficient (Wildman–Crippen LogP) is 6.06. The monoisotopic (exact) mass is 572 g/mol. The number of hydrogen-bond acceptors (Lipinski definition) is 5. The summed E-state index contributed by atoms with van der Waals surface area (Å²) in [5.74, 6) is -2.31. The zero-order chi connectivity index (χ0) is 28.8. The number of rotatable bonds is 7. The van der Waals surface area contributed by atoms with Crippen molar-refractivity contribution in [2.75, 3.05) is 25.1 Å². The third-order valence-electron chi connectivity index (χ3n) is 7.61. The number of carboxylic acid groups (broad SMARTS) is 1. The Balaban J connectivity index is 1.90. The van der Waals surface area contributed by atoms with Crippen molar-refractivity contribution in [3.05, 3.63) is 47.8 Å². The molecule has 4 rings (SSSR count). The molecule has 1 atom stereocenters. The van der Waals surface area contributed by atoms with Crippen molar-refractivity contribution < 1.29 is 40.6 Å². The fraction of sp³-hybridized carbons (Fsp3) is 0.519. The number of benzene rings is 2. The lowest BCUT2D eigenvalue weighted by molar-refractivity contribution is -0.148. The Kier molecular flexibility index (Phi) is 7.92. The highest BCUT2D eigenvalue weighted by atomic mass is 32.2. The van der Waals surface area contributed by atoms with Crippen LogP contribution >= 0.6 is 0 Å². The first kappa shape index (κ1) is 29.1. The summed E-state index contributed by atoms with van der Waals surface area (Å²) >= 11 is 0. The number of carboxylic acids is 1. The molecule has 1 fully saturated rings. The van der Waals surface area contributed by atoms with E-state index in [1.807, 2.05) is 0 Å². The molecular weight excluding hydrogens is 540 g/mol. The van der Waals surface area contributed by atoms with Gasteiger partial charge in [-0.15, -0.1) is 0 Å². The first-order chi connectivity index (χ1) is 18.1. The Morgan fingerprint density at radius 2 is 1.72 bits per heavy atom. The highest BCUT2D eigenvalue weighted by molar-refractivity contribution is 7.89. The molecule has 0 bridgehead atoms. The molecule has 2 aliphatic rings. The average Bonchev–Trinajstić information content (AvgIpc) is 3.35. The van der Waals surface area contributed by atoms with Crippen molar-refractivity contribution in [2.45, 2.75) is 63.1 Å². The van der Waals surface area contributed by atoms with Gasteiger partial charge in [-0.2, -0.15) is 17.5 Å². The van der Waals surface area contributed by atoms with E-state index >= 15 is 0 Å². The van der Waals surface area contributed by atoms with Gasteiger partial charge in [-0.1, -0.05) is 25.7 Å². The summed E-state index contributed by atoms with van der Waals surface area (Å²) in [5, 5.41) is 9.38. The van der Waals surface area contributed by atoms with Gasteiger partial charge < -0.3 is 14.7 Å². The van der Waals surface area contributed by atoms with E-state index in [1.165, 1.54) is 54.4 Å². The van der Waals surface area contributed by atoms with Crippen LogP contribution in [0, 0.1) is 17.2 Å². The number of ether oxygens (including phenoxy) is 1. The van der Waals surface area contributed by atoms with Crippen LogP contribution in [-0.2, 0) is 21.0 Å².